The summed E-state index contributed by atoms with van der Waals surface area (Å²) in [5.74, 6) is 0.672. The summed E-state index contributed by atoms with van der Waals surface area (Å²) < 4.78 is 0. The highest BCUT2D eigenvalue weighted by Crippen LogP contribution is 2.22. The van der Waals surface area contributed by atoms with Gasteiger partial charge in [0.25, 0.3) is 0 Å². The molecule has 2 saturated heterocycles. The van der Waals surface area contributed by atoms with Crippen LogP contribution in [0.25, 0.3) is 0 Å². The molecule has 2 aromatic carbocycles. The van der Waals surface area contributed by atoms with Crippen molar-refractivity contribution in [2.24, 2.45) is 11.8 Å². The quantitative estimate of drug-likeness (QED) is 0.661. The molecule has 5 heteroatoms. The van der Waals surface area contributed by atoms with E-state index in [9.17, 15) is 9.59 Å². The summed E-state index contributed by atoms with van der Waals surface area (Å²) >= 11 is 0. The largest absolute Gasteiger partial charge is 0.355 e. The Hall–Kier alpha value is -2.66. The third-order valence-corrected chi connectivity index (χ3v) is 6.90. The van der Waals surface area contributed by atoms with Gasteiger partial charge in [-0.1, -0.05) is 60.7 Å². The number of hydrogen-bond acceptors (Lipinski definition) is 3. The minimum absolute atomic E-state index is 0.0273. The number of rotatable bonds is 9. The van der Waals surface area contributed by atoms with Crippen LogP contribution in [-0.2, 0) is 22.4 Å². The summed E-state index contributed by atoms with van der Waals surface area (Å²) in [6.07, 6.45) is 4.78. The van der Waals surface area contributed by atoms with Crippen LogP contribution in [0.15, 0.2) is 60.7 Å². The lowest BCUT2D eigenvalue weighted by Gasteiger charge is -2.32. The molecule has 4 rings (SSSR count). The van der Waals surface area contributed by atoms with Gasteiger partial charge in [-0.25, -0.2) is 0 Å². The highest BCUT2D eigenvalue weighted by atomic mass is 16.2. The molecule has 32 heavy (non-hydrogen) atoms. The minimum Gasteiger partial charge on any atom is -0.355 e. The molecular weight excluding hydrogens is 398 g/mol. The second kappa shape index (κ2) is 11.3. The van der Waals surface area contributed by atoms with Gasteiger partial charge in [-0.05, 0) is 55.8 Å². The first-order valence-corrected chi connectivity index (χ1v) is 12.0. The highest BCUT2D eigenvalue weighted by molar-refractivity contribution is 5.89. The fourth-order valence-corrected chi connectivity index (χ4v) is 4.92. The molecule has 0 radical (unpaired) electrons. The average molecular weight is 434 g/mol. The van der Waals surface area contributed by atoms with Crippen molar-refractivity contribution in [3.05, 3.63) is 71.8 Å². The van der Waals surface area contributed by atoms with Gasteiger partial charge in [-0.2, -0.15) is 0 Å². The van der Waals surface area contributed by atoms with Crippen LogP contribution in [0.5, 0.6) is 0 Å². The average Bonchev–Trinajstić information content (AvgIpc) is 3.21. The second-order valence-corrected chi connectivity index (χ2v) is 9.24. The molecule has 0 saturated carbocycles. The zero-order chi connectivity index (χ0) is 22.2. The Balaban J connectivity index is 1.12. The first-order chi connectivity index (χ1) is 15.7. The lowest BCUT2D eigenvalue weighted by atomic mass is 9.90. The van der Waals surface area contributed by atoms with Crippen molar-refractivity contribution in [1.82, 2.24) is 15.1 Å². The molecule has 2 fully saturated rings. The Bertz CT molecular complexity index is 863. The third kappa shape index (κ3) is 6.42. The lowest BCUT2D eigenvalue weighted by Crippen LogP contribution is -2.41. The monoisotopic (exact) mass is 433 g/mol. The van der Waals surface area contributed by atoms with Crippen molar-refractivity contribution in [1.29, 1.82) is 0 Å². The normalized spacial score (nSPS) is 19.9. The number of piperidine rings is 1. The molecule has 0 unspecified atom stereocenters. The Morgan fingerprint density at radius 1 is 0.906 bits per heavy atom. The van der Waals surface area contributed by atoms with Crippen molar-refractivity contribution in [3.63, 3.8) is 0 Å². The first-order valence-electron chi connectivity index (χ1n) is 12.0. The Kier molecular flexibility index (Phi) is 7.94. The Morgan fingerprint density at radius 2 is 1.56 bits per heavy atom. The molecule has 0 aromatic heterocycles. The van der Waals surface area contributed by atoms with Crippen molar-refractivity contribution < 1.29 is 9.59 Å². The molecule has 170 valence electrons. The predicted octanol–water partition coefficient (Wildman–Crippen LogP) is 3.15. The van der Waals surface area contributed by atoms with E-state index in [2.05, 4.69) is 52.7 Å². The minimum atomic E-state index is -0.213. The Labute approximate surface area is 191 Å². The first kappa shape index (κ1) is 22.5. The predicted molar refractivity (Wildman–Crippen MR) is 127 cm³/mol. The summed E-state index contributed by atoms with van der Waals surface area (Å²) in [6, 6.07) is 20.9. The van der Waals surface area contributed by atoms with Gasteiger partial charge >= 0.3 is 0 Å². The summed E-state index contributed by atoms with van der Waals surface area (Å²) in [5.41, 5.74) is 2.66. The van der Waals surface area contributed by atoms with E-state index in [1.807, 2.05) is 23.1 Å². The second-order valence-electron chi connectivity index (χ2n) is 9.24. The van der Waals surface area contributed by atoms with E-state index in [0.717, 1.165) is 32.0 Å². The van der Waals surface area contributed by atoms with Gasteiger partial charge in [0.1, 0.15) is 0 Å². The summed E-state index contributed by atoms with van der Waals surface area (Å²) in [5, 5.41) is 3.08. The van der Waals surface area contributed by atoms with Crippen LogP contribution in [0.2, 0.25) is 0 Å². The maximum absolute atomic E-state index is 12.6. The van der Waals surface area contributed by atoms with E-state index in [4.69, 9.17) is 0 Å². The molecule has 1 N–H and O–H groups in total. The fourth-order valence-electron chi connectivity index (χ4n) is 4.92. The van der Waals surface area contributed by atoms with E-state index in [0.29, 0.717) is 26.1 Å². The van der Waals surface area contributed by atoms with Gasteiger partial charge in [-0.15, -0.1) is 0 Å². The summed E-state index contributed by atoms with van der Waals surface area (Å²) in [6.45, 7) is 4.98. The molecule has 2 aromatic rings. The lowest BCUT2D eigenvalue weighted by molar-refractivity contribution is -0.129. The molecule has 0 spiro atoms. The topological polar surface area (TPSA) is 52.7 Å². The van der Waals surface area contributed by atoms with Gasteiger partial charge in [-0.3, -0.25) is 9.59 Å². The SMILES string of the molecule is O=C(NCCN1CCC(Cc2ccccc2)CC1)[C@H]1CC(=O)N(CCc2ccccc2)C1. The van der Waals surface area contributed by atoms with Crippen LogP contribution in [-0.4, -0.2) is 60.9 Å². The molecule has 2 aliphatic heterocycles. The van der Waals surface area contributed by atoms with E-state index < -0.39 is 0 Å². The molecule has 2 aliphatic rings. The molecule has 2 amide bonds. The van der Waals surface area contributed by atoms with Gasteiger partial charge < -0.3 is 15.1 Å². The molecule has 1 atom stereocenters. The Morgan fingerprint density at radius 3 is 2.25 bits per heavy atom. The third-order valence-electron chi connectivity index (χ3n) is 6.90. The summed E-state index contributed by atoms with van der Waals surface area (Å²) in [4.78, 5) is 29.2. The van der Waals surface area contributed by atoms with Crippen LogP contribution >= 0.6 is 0 Å². The molecule has 2 heterocycles. The van der Waals surface area contributed by atoms with E-state index in [1.54, 1.807) is 0 Å². The van der Waals surface area contributed by atoms with Crippen LogP contribution in [0.4, 0.5) is 0 Å². The number of likely N-dealkylation sites (tertiary alicyclic amines) is 2. The number of carbonyl (C=O) groups excluding carboxylic acids is 2. The van der Waals surface area contributed by atoms with Gasteiger partial charge in [0.2, 0.25) is 11.8 Å². The van der Waals surface area contributed by atoms with Crippen molar-refractivity contribution in [2.75, 3.05) is 39.3 Å². The number of carbonyl (C=O) groups is 2. The maximum atomic E-state index is 12.6. The highest BCUT2D eigenvalue weighted by Gasteiger charge is 2.33. The smallest absolute Gasteiger partial charge is 0.225 e. The number of benzene rings is 2. The number of amides is 2. The van der Waals surface area contributed by atoms with Crippen LogP contribution in [0, 0.1) is 11.8 Å². The van der Waals surface area contributed by atoms with E-state index in [1.165, 1.54) is 30.4 Å². The van der Waals surface area contributed by atoms with Crippen LogP contribution < -0.4 is 5.32 Å². The van der Waals surface area contributed by atoms with E-state index >= 15 is 0 Å². The maximum Gasteiger partial charge on any atom is 0.225 e. The molecule has 0 bridgehead atoms. The van der Waals surface area contributed by atoms with Crippen LogP contribution in [0.3, 0.4) is 0 Å². The summed E-state index contributed by atoms with van der Waals surface area (Å²) in [7, 11) is 0. The van der Waals surface area contributed by atoms with Crippen molar-refractivity contribution in [3.8, 4) is 0 Å². The zero-order valence-corrected chi connectivity index (χ0v) is 18.9. The van der Waals surface area contributed by atoms with Gasteiger partial charge in [0, 0.05) is 32.6 Å². The van der Waals surface area contributed by atoms with Crippen LogP contribution in [0.1, 0.15) is 30.4 Å². The van der Waals surface area contributed by atoms with Gasteiger partial charge in [0.05, 0.1) is 5.92 Å². The molecule has 0 aliphatic carbocycles. The number of nitrogens with one attached hydrogen (secondary N) is 1. The number of nitrogens with zero attached hydrogens (tertiary/aromatic N) is 2. The van der Waals surface area contributed by atoms with E-state index in [-0.39, 0.29) is 17.7 Å². The number of hydrogen-bond donors (Lipinski definition) is 1. The standard InChI is InChI=1S/C27H35N3O2/c31-26-20-25(21-30(26)17-13-22-7-3-1-4-8-22)27(32)28-14-18-29-15-11-24(12-16-29)19-23-9-5-2-6-10-23/h1-10,24-25H,11-21H2,(H,28,32)/t25-/m0/s1. The van der Waals surface area contributed by atoms with Gasteiger partial charge in [0.15, 0.2) is 0 Å². The molecular formula is C27H35N3O2. The zero-order valence-electron chi connectivity index (χ0n) is 18.9. The fraction of sp³-hybridized carbons (Fsp3) is 0.481. The van der Waals surface area contributed by atoms with Crippen molar-refractivity contribution >= 4 is 11.8 Å². The molecule has 5 nitrogen and oxygen atoms in total. The van der Waals surface area contributed by atoms with Crippen molar-refractivity contribution in [2.45, 2.75) is 32.1 Å².